The summed E-state index contributed by atoms with van der Waals surface area (Å²) < 4.78 is 0. The Hall–Kier alpha value is -1.49. The van der Waals surface area contributed by atoms with Crippen LogP contribution in [0.15, 0.2) is 12.2 Å². The van der Waals surface area contributed by atoms with Crippen LogP contribution in [0.25, 0.3) is 0 Å². The number of hydrogen-bond acceptors (Lipinski definition) is 4. The third-order valence-corrected chi connectivity index (χ3v) is 4.87. The third-order valence-electron chi connectivity index (χ3n) is 4.87. The lowest BCUT2D eigenvalue weighted by molar-refractivity contribution is -0.137. The zero-order valence-corrected chi connectivity index (χ0v) is 15.3. The van der Waals surface area contributed by atoms with Crippen LogP contribution in [-0.2, 0) is 14.4 Å². The van der Waals surface area contributed by atoms with Crippen molar-refractivity contribution in [2.75, 3.05) is 0 Å². The Morgan fingerprint density at radius 2 is 1.84 bits per heavy atom. The lowest BCUT2D eigenvalue weighted by Crippen LogP contribution is -2.16. The lowest BCUT2D eigenvalue weighted by atomic mass is 9.89. The van der Waals surface area contributed by atoms with Crippen molar-refractivity contribution >= 4 is 17.5 Å². The van der Waals surface area contributed by atoms with Gasteiger partial charge in [0, 0.05) is 18.3 Å². The summed E-state index contributed by atoms with van der Waals surface area (Å²) in [7, 11) is 0. The van der Waals surface area contributed by atoms with Crippen LogP contribution in [0.3, 0.4) is 0 Å². The molecule has 1 fully saturated rings. The average Bonchev–Trinajstić information content (AvgIpc) is 2.82. The van der Waals surface area contributed by atoms with Gasteiger partial charge in [-0.1, -0.05) is 57.6 Å². The van der Waals surface area contributed by atoms with Gasteiger partial charge in [0.2, 0.25) is 0 Å². The number of unbranched alkanes of at least 4 members (excludes halogenated alkanes) is 5. The van der Waals surface area contributed by atoms with E-state index < -0.39 is 18.0 Å². The summed E-state index contributed by atoms with van der Waals surface area (Å²) in [6, 6.07) is 0. The van der Waals surface area contributed by atoms with Crippen LogP contribution in [0.5, 0.6) is 0 Å². The maximum atomic E-state index is 12.1. The van der Waals surface area contributed by atoms with Gasteiger partial charge in [-0.05, 0) is 19.3 Å². The number of aliphatic carboxylic acids is 1. The molecule has 0 radical (unpaired) electrons. The Bertz CT molecular complexity index is 469. The summed E-state index contributed by atoms with van der Waals surface area (Å²) in [5, 5.41) is 18.6. The highest BCUT2D eigenvalue weighted by molar-refractivity contribution is 6.09. The zero-order valence-electron chi connectivity index (χ0n) is 15.3. The first-order chi connectivity index (χ1) is 12.0. The van der Waals surface area contributed by atoms with Crippen LogP contribution < -0.4 is 0 Å². The van der Waals surface area contributed by atoms with Crippen molar-refractivity contribution < 1.29 is 24.6 Å². The predicted octanol–water partition coefficient (Wildman–Crippen LogP) is 3.68. The van der Waals surface area contributed by atoms with E-state index >= 15 is 0 Å². The first-order valence-electron chi connectivity index (χ1n) is 9.59. The minimum atomic E-state index is -0.778. The summed E-state index contributed by atoms with van der Waals surface area (Å²) in [6.45, 7) is 2.11. The third kappa shape index (κ3) is 8.43. The molecule has 25 heavy (non-hydrogen) atoms. The first kappa shape index (κ1) is 21.6. The molecular weight excluding hydrogens is 320 g/mol. The minimum absolute atomic E-state index is 0.00458. The first-order valence-corrected chi connectivity index (χ1v) is 9.59. The van der Waals surface area contributed by atoms with E-state index in [0.717, 1.165) is 38.5 Å². The van der Waals surface area contributed by atoms with Gasteiger partial charge in [0.25, 0.3) is 0 Å². The van der Waals surface area contributed by atoms with E-state index in [0.29, 0.717) is 19.3 Å². The average molecular weight is 352 g/mol. The van der Waals surface area contributed by atoms with Crippen LogP contribution >= 0.6 is 0 Å². The van der Waals surface area contributed by atoms with Crippen molar-refractivity contribution in [2.45, 2.75) is 83.7 Å². The second kappa shape index (κ2) is 12.0. The van der Waals surface area contributed by atoms with E-state index in [2.05, 4.69) is 6.92 Å². The number of carboxylic acids is 1. The summed E-state index contributed by atoms with van der Waals surface area (Å²) >= 11 is 0. The fraction of sp³-hybridized carbons (Fsp3) is 0.750. The number of carbonyl (C=O) groups excluding carboxylic acids is 2. The van der Waals surface area contributed by atoms with Crippen molar-refractivity contribution in [3.05, 3.63) is 12.2 Å². The molecule has 1 aliphatic carbocycles. The van der Waals surface area contributed by atoms with Gasteiger partial charge < -0.3 is 10.2 Å². The quantitative estimate of drug-likeness (QED) is 0.300. The number of carboxylic acid groups (broad SMARTS) is 1. The second-order valence-corrected chi connectivity index (χ2v) is 7.04. The van der Waals surface area contributed by atoms with E-state index in [1.165, 1.54) is 0 Å². The SMILES string of the molecule is CCCCC[C@H](O)/C=C/[C@H]1C(=O)CC(=O)[C@@H]1CCCCCCC(=O)O. The normalized spacial score (nSPS) is 22.0. The maximum Gasteiger partial charge on any atom is 0.303 e. The smallest absolute Gasteiger partial charge is 0.303 e. The molecule has 142 valence electrons. The minimum Gasteiger partial charge on any atom is -0.481 e. The fourth-order valence-electron chi connectivity index (χ4n) is 3.37. The van der Waals surface area contributed by atoms with E-state index in [1.807, 2.05) is 0 Å². The van der Waals surface area contributed by atoms with Crippen LogP contribution in [0.4, 0.5) is 0 Å². The van der Waals surface area contributed by atoms with Crippen molar-refractivity contribution in [3.63, 3.8) is 0 Å². The van der Waals surface area contributed by atoms with E-state index in [9.17, 15) is 19.5 Å². The van der Waals surface area contributed by atoms with Crippen LogP contribution in [-0.4, -0.2) is 33.9 Å². The molecule has 0 aromatic carbocycles. The molecule has 0 heterocycles. The molecule has 2 N–H and O–H groups in total. The van der Waals surface area contributed by atoms with Crippen LogP contribution in [0.2, 0.25) is 0 Å². The van der Waals surface area contributed by atoms with Gasteiger partial charge in [-0.2, -0.15) is 0 Å². The predicted molar refractivity (Wildman–Crippen MR) is 96.2 cm³/mol. The maximum absolute atomic E-state index is 12.1. The molecule has 5 heteroatoms. The molecular formula is C20H32O5. The Morgan fingerprint density at radius 1 is 1.12 bits per heavy atom. The summed E-state index contributed by atoms with van der Waals surface area (Å²) in [5.74, 6) is -1.48. The number of rotatable bonds is 13. The molecule has 0 aromatic heterocycles. The molecule has 1 aliphatic rings. The van der Waals surface area contributed by atoms with Crippen LogP contribution in [0.1, 0.15) is 77.6 Å². The highest BCUT2D eigenvalue weighted by atomic mass is 16.4. The van der Waals surface area contributed by atoms with E-state index in [-0.39, 0.29) is 30.3 Å². The van der Waals surface area contributed by atoms with Gasteiger partial charge in [-0.3, -0.25) is 14.4 Å². The summed E-state index contributed by atoms with van der Waals surface area (Å²) in [4.78, 5) is 34.6. The number of Topliss-reactive ketones (excluding diaryl/α,β-unsaturated/α-hetero) is 2. The number of allylic oxidation sites excluding steroid dienone is 1. The van der Waals surface area contributed by atoms with Gasteiger partial charge in [0.05, 0.1) is 12.5 Å². The lowest BCUT2D eigenvalue weighted by Gasteiger charge is -2.14. The Kier molecular flexibility index (Phi) is 10.3. The highest BCUT2D eigenvalue weighted by Gasteiger charge is 2.39. The molecule has 5 nitrogen and oxygen atoms in total. The van der Waals surface area contributed by atoms with Gasteiger partial charge >= 0.3 is 5.97 Å². The molecule has 1 saturated carbocycles. The standard InChI is InChI=1S/C20H32O5/c1-2-3-6-9-15(21)12-13-17-16(18(22)14-19(17)23)10-7-4-5-8-11-20(24)25/h12-13,15-17,21H,2-11,14H2,1H3,(H,24,25)/b13-12+/t15-,16+,17+/m0/s1. The van der Waals surface area contributed by atoms with Crippen molar-refractivity contribution in [2.24, 2.45) is 11.8 Å². The van der Waals surface area contributed by atoms with Crippen LogP contribution in [0, 0.1) is 11.8 Å². The topological polar surface area (TPSA) is 91.7 Å². The number of carbonyl (C=O) groups is 3. The van der Waals surface area contributed by atoms with Gasteiger partial charge in [0.15, 0.2) is 0 Å². The molecule has 1 rings (SSSR count). The monoisotopic (exact) mass is 352 g/mol. The highest BCUT2D eigenvalue weighted by Crippen LogP contribution is 2.31. The molecule has 0 spiro atoms. The zero-order chi connectivity index (χ0) is 18.7. The molecule has 0 unspecified atom stereocenters. The largest absolute Gasteiger partial charge is 0.481 e. The number of aliphatic hydroxyl groups is 1. The van der Waals surface area contributed by atoms with Crippen molar-refractivity contribution in [1.82, 2.24) is 0 Å². The van der Waals surface area contributed by atoms with Gasteiger partial charge in [-0.25, -0.2) is 0 Å². The fourth-order valence-corrected chi connectivity index (χ4v) is 3.37. The molecule has 0 aliphatic heterocycles. The van der Waals surface area contributed by atoms with E-state index in [1.54, 1.807) is 12.2 Å². The Morgan fingerprint density at radius 3 is 2.52 bits per heavy atom. The molecule has 0 aromatic rings. The Labute approximate surface area is 150 Å². The molecule has 0 saturated heterocycles. The van der Waals surface area contributed by atoms with Crippen molar-refractivity contribution in [1.29, 1.82) is 0 Å². The van der Waals surface area contributed by atoms with E-state index in [4.69, 9.17) is 5.11 Å². The molecule has 3 atom stereocenters. The summed E-state index contributed by atoms with van der Waals surface area (Å²) in [6.07, 6.45) is 10.7. The summed E-state index contributed by atoms with van der Waals surface area (Å²) in [5.41, 5.74) is 0. The van der Waals surface area contributed by atoms with Gasteiger partial charge in [0.1, 0.15) is 11.6 Å². The Balaban J connectivity index is 2.40. The number of hydrogen-bond donors (Lipinski definition) is 2. The number of aliphatic hydroxyl groups excluding tert-OH is 1. The van der Waals surface area contributed by atoms with Gasteiger partial charge in [-0.15, -0.1) is 0 Å². The molecule has 0 bridgehead atoms. The van der Waals surface area contributed by atoms with Crippen molar-refractivity contribution in [3.8, 4) is 0 Å². The molecule has 0 amide bonds. The second-order valence-electron chi connectivity index (χ2n) is 7.04. The number of ketones is 2.